The van der Waals surface area contributed by atoms with Crippen LogP contribution in [0.25, 0.3) is 0 Å². The zero-order valence-electron chi connectivity index (χ0n) is 12.3. The summed E-state index contributed by atoms with van der Waals surface area (Å²) in [5.41, 5.74) is 1.04. The van der Waals surface area contributed by atoms with E-state index >= 15 is 0 Å². The second-order valence-corrected chi connectivity index (χ2v) is 8.36. The molecule has 1 aromatic rings. The summed E-state index contributed by atoms with van der Waals surface area (Å²) >= 11 is 2.24. The first kappa shape index (κ1) is 17.2. The SMILES string of the molecule is Cc1ccc(S(=O)(=O)N[C@H]([C]2[CH][CH][CH][C]2I)C(C)C)cc1. The van der Waals surface area contributed by atoms with Crippen molar-refractivity contribution in [1.82, 2.24) is 4.72 Å². The van der Waals surface area contributed by atoms with Gasteiger partial charge in [-0.15, -0.1) is 0 Å². The lowest BCUT2D eigenvalue weighted by molar-refractivity contribution is 0.472. The molecule has 0 saturated heterocycles. The predicted octanol–water partition coefficient (Wildman–Crippen LogP) is 3.47. The summed E-state index contributed by atoms with van der Waals surface area (Å²) in [6, 6.07) is 6.69. The van der Waals surface area contributed by atoms with E-state index in [1.165, 1.54) is 0 Å². The predicted molar refractivity (Wildman–Crippen MR) is 93.5 cm³/mol. The molecule has 0 aromatic heterocycles. The highest BCUT2D eigenvalue weighted by Crippen LogP contribution is 2.42. The second-order valence-electron chi connectivity index (χ2n) is 5.49. The van der Waals surface area contributed by atoms with Crippen LogP contribution >= 0.6 is 22.6 Å². The molecule has 1 N–H and O–H groups in total. The van der Waals surface area contributed by atoms with E-state index < -0.39 is 10.0 Å². The van der Waals surface area contributed by atoms with Crippen LogP contribution in [0.1, 0.15) is 19.4 Å². The van der Waals surface area contributed by atoms with Crippen molar-refractivity contribution in [2.75, 3.05) is 0 Å². The molecule has 113 valence electrons. The summed E-state index contributed by atoms with van der Waals surface area (Å²) in [6.07, 6.45) is 5.92. The van der Waals surface area contributed by atoms with Gasteiger partial charge in [0.1, 0.15) is 0 Å². The van der Waals surface area contributed by atoms with E-state index in [4.69, 9.17) is 0 Å². The van der Waals surface area contributed by atoms with E-state index in [0.717, 1.165) is 15.4 Å². The second kappa shape index (κ2) is 6.96. The molecule has 5 radical (unpaired) electrons. The van der Waals surface area contributed by atoms with Gasteiger partial charge in [-0.1, -0.05) is 54.1 Å². The summed E-state index contributed by atoms with van der Waals surface area (Å²) in [5, 5.41) is 0. The Morgan fingerprint density at radius 3 is 2.19 bits per heavy atom. The first-order valence-electron chi connectivity index (χ1n) is 6.81. The van der Waals surface area contributed by atoms with Crippen molar-refractivity contribution in [1.29, 1.82) is 0 Å². The maximum atomic E-state index is 12.6. The lowest BCUT2D eigenvalue weighted by Gasteiger charge is -2.29. The highest BCUT2D eigenvalue weighted by atomic mass is 127. The lowest BCUT2D eigenvalue weighted by Crippen LogP contribution is -2.43. The number of halogens is 1. The van der Waals surface area contributed by atoms with E-state index in [0.29, 0.717) is 4.90 Å². The standard InChI is InChI=1S/C16H19INO2S/c1-11(2)16(14-5-4-6-15(14)17)18-21(19,20)13-9-7-12(3)8-10-13/h4-11,16,18H,1-3H3/t16-/m0/s1. The van der Waals surface area contributed by atoms with Crippen LogP contribution in [0.5, 0.6) is 0 Å². The van der Waals surface area contributed by atoms with E-state index in [9.17, 15) is 8.42 Å². The fraction of sp³-hybridized carbons (Fsp3) is 0.312. The molecule has 2 rings (SSSR count). The van der Waals surface area contributed by atoms with Gasteiger partial charge in [0.2, 0.25) is 10.0 Å². The zero-order chi connectivity index (χ0) is 15.6. The van der Waals surface area contributed by atoms with Crippen LogP contribution in [0.2, 0.25) is 0 Å². The molecule has 0 aliphatic heterocycles. The van der Waals surface area contributed by atoms with Gasteiger partial charge in [-0.25, -0.2) is 13.1 Å². The molecule has 0 unspecified atom stereocenters. The van der Waals surface area contributed by atoms with Gasteiger partial charge in [-0.3, -0.25) is 0 Å². The van der Waals surface area contributed by atoms with Crippen molar-refractivity contribution in [3.05, 3.63) is 58.9 Å². The van der Waals surface area contributed by atoms with Gasteiger partial charge in [0, 0.05) is 15.9 Å². The normalized spacial score (nSPS) is 19.3. The van der Waals surface area contributed by atoms with Crippen LogP contribution in [0.4, 0.5) is 0 Å². The molecule has 0 heterocycles. The highest BCUT2D eigenvalue weighted by Gasteiger charge is 2.37. The maximum Gasteiger partial charge on any atom is 0.240 e. The Kier molecular flexibility index (Phi) is 5.71. The quantitative estimate of drug-likeness (QED) is 0.748. The minimum atomic E-state index is -3.52. The topological polar surface area (TPSA) is 46.2 Å². The van der Waals surface area contributed by atoms with E-state index in [2.05, 4.69) is 27.3 Å². The number of aryl methyl sites for hydroxylation is 1. The number of benzene rings is 1. The molecule has 3 nitrogen and oxygen atoms in total. The summed E-state index contributed by atoms with van der Waals surface area (Å²) in [4.78, 5) is 0.306. The lowest BCUT2D eigenvalue weighted by atomic mass is 9.90. The third-order valence-electron chi connectivity index (χ3n) is 3.41. The monoisotopic (exact) mass is 416 g/mol. The average molecular weight is 416 g/mol. The Morgan fingerprint density at radius 1 is 1.10 bits per heavy atom. The van der Waals surface area contributed by atoms with Crippen LogP contribution < -0.4 is 4.72 Å². The molecule has 1 aromatic carbocycles. The number of hydrogen-bond donors (Lipinski definition) is 1. The van der Waals surface area contributed by atoms with Crippen molar-refractivity contribution >= 4 is 32.6 Å². The molecule has 1 saturated carbocycles. The van der Waals surface area contributed by atoms with Crippen molar-refractivity contribution in [3.8, 4) is 0 Å². The number of rotatable bonds is 5. The van der Waals surface area contributed by atoms with Crippen molar-refractivity contribution < 1.29 is 8.42 Å². The molecule has 5 heteroatoms. The highest BCUT2D eigenvalue weighted by molar-refractivity contribution is 14.1. The molecular weight excluding hydrogens is 397 g/mol. The van der Waals surface area contributed by atoms with Gasteiger partial charge in [0.15, 0.2) is 0 Å². The van der Waals surface area contributed by atoms with Gasteiger partial charge in [0.25, 0.3) is 0 Å². The largest absolute Gasteiger partial charge is 0.240 e. The van der Waals surface area contributed by atoms with Crippen LogP contribution in [-0.4, -0.2) is 14.5 Å². The van der Waals surface area contributed by atoms with Crippen LogP contribution in [0.3, 0.4) is 0 Å². The minimum Gasteiger partial charge on any atom is -0.207 e. The van der Waals surface area contributed by atoms with Gasteiger partial charge >= 0.3 is 0 Å². The average Bonchev–Trinajstić information content (AvgIpc) is 2.82. The van der Waals surface area contributed by atoms with Gasteiger partial charge in [0.05, 0.1) is 4.90 Å². The summed E-state index contributed by atoms with van der Waals surface area (Å²) in [6.45, 7) is 5.98. The Bertz CT molecular complexity index is 568. The molecule has 0 spiro atoms. The Balaban J connectivity index is 2.21. The third kappa shape index (κ3) is 4.20. The molecule has 21 heavy (non-hydrogen) atoms. The molecule has 0 amide bonds. The van der Waals surface area contributed by atoms with Gasteiger partial charge < -0.3 is 0 Å². The molecule has 1 aliphatic carbocycles. The zero-order valence-corrected chi connectivity index (χ0v) is 15.3. The Morgan fingerprint density at radius 2 is 1.71 bits per heavy atom. The summed E-state index contributed by atoms with van der Waals surface area (Å²) in [5.74, 6) is 1.20. The van der Waals surface area contributed by atoms with E-state index in [-0.39, 0.29) is 12.0 Å². The van der Waals surface area contributed by atoms with Crippen LogP contribution in [0.15, 0.2) is 29.2 Å². The van der Waals surface area contributed by atoms with E-state index in [1.807, 2.05) is 52.2 Å². The fourth-order valence-corrected chi connectivity index (χ4v) is 4.26. The summed E-state index contributed by atoms with van der Waals surface area (Å²) < 4.78 is 29.0. The molecule has 1 aliphatic rings. The number of hydrogen-bond acceptors (Lipinski definition) is 2. The fourth-order valence-electron chi connectivity index (χ4n) is 2.18. The Labute approximate surface area is 142 Å². The van der Waals surface area contributed by atoms with Crippen molar-refractivity contribution in [2.24, 2.45) is 5.92 Å². The molecule has 1 atom stereocenters. The maximum absolute atomic E-state index is 12.6. The number of sulfonamides is 1. The smallest absolute Gasteiger partial charge is 0.207 e. The molecule has 1 fully saturated rings. The first-order chi connectivity index (χ1) is 9.81. The minimum absolute atomic E-state index is 0.168. The molecular formula is C16H19INO2S. The van der Waals surface area contributed by atoms with Crippen LogP contribution in [-0.2, 0) is 10.0 Å². The number of nitrogens with one attached hydrogen (secondary N) is 1. The van der Waals surface area contributed by atoms with Gasteiger partial charge in [-0.05, 0) is 44.2 Å². The van der Waals surface area contributed by atoms with Crippen molar-refractivity contribution in [3.63, 3.8) is 0 Å². The molecule has 0 bridgehead atoms. The first-order valence-corrected chi connectivity index (χ1v) is 9.37. The van der Waals surface area contributed by atoms with Crippen LogP contribution in [0, 0.1) is 41.9 Å². The Hall–Kier alpha value is -0.140. The summed E-state index contributed by atoms with van der Waals surface area (Å²) in [7, 11) is -3.52. The van der Waals surface area contributed by atoms with Crippen molar-refractivity contribution in [2.45, 2.75) is 31.7 Å². The third-order valence-corrected chi connectivity index (χ3v) is 5.85. The van der Waals surface area contributed by atoms with Gasteiger partial charge in [-0.2, -0.15) is 0 Å². The van der Waals surface area contributed by atoms with E-state index in [1.54, 1.807) is 12.1 Å².